The van der Waals surface area contributed by atoms with Crippen LogP contribution in [0.3, 0.4) is 0 Å². The van der Waals surface area contributed by atoms with Gasteiger partial charge in [0.25, 0.3) is 0 Å². The Morgan fingerprint density at radius 2 is 2.16 bits per heavy atom. The van der Waals surface area contributed by atoms with E-state index in [0.29, 0.717) is 11.4 Å². The van der Waals surface area contributed by atoms with Gasteiger partial charge in [-0.2, -0.15) is 0 Å². The van der Waals surface area contributed by atoms with Crippen LogP contribution in [0.1, 0.15) is 31.1 Å². The van der Waals surface area contributed by atoms with E-state index in [0.717, 1.165) is 0 Å². The SMILES string of the molecule is CCOC(=O)c1cccnc1NC(C)C(C)C(=O)O. The zero-order valence-corrected chi connectivity index (χ0v) is 11.2. The molecule has 1 aromatic heterocycles. The van der Waals surface area contributed by atoms with Gasteiger partial charge in [-0.1, -0.05) is 0 Å². The van der Waals surface area contributed by atoms with Crippen LogP contribution < -0.4 is 5.32 Å². The Hall–Kier alpha value is -2.11. The molecule has 0 aliphatic carbocycles. The number of esters is 1. The van der Waals surface area contributed by atoms with Gasteiger partial charge in [-0.15, -0.1) is 0 Å². The van der Waals surface area contributed by atoms with Crippen molar-refractivity contribution in [3.63, 3.8) is 0 Å². The van der Waals surface area contributed by atoms with Gasteiger partial charge < -0.3 is 15.2 Å². The number of hydrogen-bond donors (Lipinski definition) is 2. The van der Waals surface area contributed by atoms with Crippen LogP contribution in [-0.2, 0) is 9.53 Å². The fraction of sp³-hybridized carbons (Fsp3) is 0.462. The average Bonchev–Trinajstić information content (AvgIpc) is 2.38. The lowest BCUT2D eigenvalue weighted by Gasteiger charge is -2.19. The first-order valence-electron chi connectivity index (χ1n) is 6.08. The molecule has 0 aliphatic heterocycles. The fourth-order valence-corrected chi connectivity index (χ4v) is 1.45. The molecular weight excluding hydrogens is 248 g/mol. The molecule has 0 saturated heterocycles. The van der Waals surface area contributed by atoms with Crippen molar-refractivity contribution < 1.29 is 19.4 Å². The van der Waals surface area contributed by atoms with E-state index in [4.69, 9.17) is 9.84 Å². The summed E-state index contributed by atoms with van der Waals surface area (Å²) < 4.78 is 4.92. The second-order valence-electron chi connectivity index (χ2n) is 4.18. The quantitative estimate of drug-likeness (QED) is 0.763. The predicted octanol–water partition coefficient (Wildman–Crippen LogP) is 1.78. The lowest BCUT2D eigenvalue weighted by atomic mass is 10.0. The molecular formula is C13H18N2O4. The van der Waals surface area contributed by atoms with E-state index >= 15 is 0 Å². The third-order valence-electron chi connectivity index (χ3n) is 2.81. The number of rotatable bonds is 6. The van der Waals surface area contributed by atoms with Gasteiger partial charge in [0.2, 0.25) is 0 Å². The molecule has 2 unspecified atom stereocenters. The van der Waals surface area contributed by atoms with Gasteiger partial charge >= 0.3 is 11.9 Å². The van der Waals surface area contributed by atoms with Crippen molar-refractivity contribution in [2.45, 2.75) is 26.8 Å². The molecule has 0 bridgehead atoms. The van der Waals surface area contributed by atoms with Crippen molar-refractivity contribution in [3.05, 3.63) is 23.9 Å². The minimum atomic E-state index is -0.909. The van der Waals surface area contributed by atoms with Gasteiger partial charge in [0.05, 0.1) is 12.5 Å². The smallest absolute Gasteiger partial charge is 0.341 e. The fourth-order valence-electron chi connectivity index (χ4n) is 1.45. The number of aromatic nitrogens is 1. The van der Waals surface area contributed by atoms with E-state index in [-0.39, 0.29) is 12.6 Å². The molecule has 6 heteroatoms. The van der Waals surface area contributed by atoms with Crippen molar-refractivity contribution in [2.75, 3.05) is 11.9 Å². The first-order chi connectivity index (χ1) is 8.97. The zero-order chi connectivity index (χ0) is 14.4. The Kier molecular flexibility index (Phi) is 5.29. The Labute approximate surface area is 111 Å². The molecule has 1 aromatic rings. The van der Waals surface area contributed by atoms with Gasteiger partial charge in [0, 0.05) is 12.2 Å². The van der Waals surface area contributed by atoms with E-state index in [1.165, 1.54) is 6.20 Å². The summed E-state index contributed by atoms with van der Waals surface area (Å²) in [6, 6.07) is 2.86. The van der Waals surface area contributed by atoms with Crippen molar-refractivity contribution in [1.29, 1.82) is 0 Å². The summed E-state index contributed by atoms with van der Waals surface area (Å²) in [5.74, 6) is -1.65. The van der Waals surface area contributed by atoms with Crippen molar-refractivity contribution in [3.8, 4) is 0 Å². The van der Waals surface area contributed by atoms with Gasteiger partial charge in [0.1, 0.15) is 11.4 Å². The summed E-state index contributed by atoms with van der Waals surface area (Å²) in [5, 5.41) is 11.9. The Morgan fingerprint density at radius 3 is 2.74 bits per heavy atom. The number of carbonyl (C=O) groups excluding carboxylic acids is 1. The van der Waals surface area contributed by atoms with Crippen LogP contribution in [0.25, 0.3) is 0 Å². The van der Waals surface area contributed by atoms with Gasteiger partial charge in [-0.05, 0) is 32.9 Å². The second kappa shape index (κ2) is 6.72. The molecule has 0 fully saturated rings. The molecule has 0 amide bonds. The maximum absolute atomic E-state index is 11.7. The van der Waals surface area contributed by atoms with Crippen LogP contribution in [-0.4, -0.2) is 34.7 Å². The van der Waals surface area contributed by atoms with Crippen molar-refractivity contribution in [1.82, 2.24) is 4.98 Å². The molecule has 0 spiro atoms. The van der Waals surface area contributed by atoms with E-state index in [9.17, 15) is 9.59 Å². The molecule has 104 valence electrons. The highest BCUT2D eigenvalue weighted by molar-refractivity contribution is 5.94. The number of nitrogens with one attached hydrogen (secondary N) is 1. The summed E-state index contributed by atoms with van der Waals surface area (Å²) in [7, 11) is 0. The molecule has 19 heavy (non-hydrogen) atoms. The van der Waals surface area contributed by atoms with Crippen LogP contribution in [0.2, 0.25) is 0 Å². The lowest BCUT2D eigenvalue weighted by Crippen LogP contribution is -2.30. The molecule has 0 aromatic carbocycles. The van der Waals surface area contributed by atoms with Gasteiger partial charge in [-0.25, -0.2) is 9.78 Å². The minimum Gasteiger partial charge on any atom is -0.481 e. The molecule has 1 rings (SSSR count). The number of ether oxygens (including phenoxy) is 1. The summed E-state index contributed by atoms with van der Waals surface area (Å²) >= 11 is 0. The predicted molar refractivity (Wildman–Crippen MR) is 70.1 cm³/mol. The maximum Gasteiger partial charge on any atom is 0.341 e. The maximum atomic E-state index is 11.7. The number of aliphatic carboxylic acids is 1. The monoisotopic (exact) mass is 266 g/mol. The van der Waals surface area contributed by atoms with Crippen molar-refractivity contribution in [2.24, 2.45) is 5.92 Å². The molecule has 0 radical (unpaired) electrons. The highest BCUT2D eigenvalue weighted by Gasteiger charge is 2.22. The van der Waals surface area contributed by atoms with Crippen LogP contribution in [0, 0.1) is 5.92 Å². The van der Waals surface area contributed by atoms with E-state index in [1.54, 1.807) is 32.9 Å². The summed E-state index contributed by atoms with van der Waals surface area (Å²) in [5.41, 5.74) is 0.300. The van der Waals surface area contributed by atoms with Gasteiger partial charge in [-0.3, -0.25) is 4.79 Å². The molecule has 0 saturated carbocycles. The Balaban J connectivity index is 2.89. The Bertz CT molecular complexity index is 462. The second-order valence-corrected chi connectivity index (χ2v) is 4.18. The number of carboxylic acid groups (broad SMARTS) is 1. The van der Waals surface area contributed by atoms with Crippen LogP contribution in [0.4, 0.5) is 5.82 Å². The van der Waals surface area contributed by atoms with Crippen molar-refractivity contribution >= 4 is 17.8 Å². The number of anilines is 1. The first kappa shape index (κ1) is 14.9. The van der Waals surface area contributed by atoms with E-state index < -0.39 is 17.9 Å². The van der Waals surface area contributed by atoms with Crippen LogP contribution in [0.15, 0.2) is 18.3 Å². The number of pyridine rings is 1. The van der Waals surface area contributed by atoms with E-state index in [1.807, 2.05) is 0 Å². The number of carboxylic acids is 1. The third-order valence-corrected chi connectivity index (χ3v) is 2.81. The molecule has 2 N–H and O–H groups in total. The summed E-state index contributed by atoms with van der Waals surface area (Å²) in [6.45, 7) is 5.31. The van der Waals surface area contributed by atoms with Crippen LogP contribution >= 0.6 is 0 Å². The van der Waals surface area contributed by atoms with Crippen LogP contribution in [0.5, 0.6) is 0 Å². The zero-order valence-electron chi connectivity index (χ0n) is 11.2. The molecule has 0 aliphatic rings. The standard InChI is InChI=1S/C13H18N2O4/c1-4-19-13(18)10-6-5-7-14-11(10)15-9(3)8(2)12(16)17/h5-9H,4H2,1-3H3,(H,14,15)(H,16,17). The highest BCUT2D eigenvalue weighted by Crippen LogP contribution is 2.16. The average molecular weight is 266 g/mol. The third kappa shape index (κ3) is 3.94. The molecule has 2 atom stereocenters. The molecule has 6 nitrogen and oxygen atoms in total. The molecule has 1 heterocycles. The highest BCUT2D eigenvalue weighted by atomic mass is 16.5. The van der Waals surface area contributed by atoms with E-state index in [2.05, 4.69) is 10.3 Å². The normalized spacial score (nSPS) is 13.4. The topological polar surface area (TPSA) is 88.5 Å². The number of hydrogen-bond acceptors (Lipinski definition) is 5. The summed E-state index contributed by atoms with van der Waals surface area (Å²) in [6.07, 6.45) is 1.53. The number of nitrogens with zero attached hydrogens (tertiary/aromatic N) is 1. The Morgan fingerprint density at radius 1 is 1.47 bits per heavy atom. The van der Waals surface area contributed by atoms with Gasteiger partial charge in [0.15, 0.2) is 0 Å². The minimum absolute atomic E-state index is 0.272. The summed E-state index contributed by atoms with van der Waals surface area (Å²) in [4.78, 5) is 26.7. The number of carbonyl (C=O) groups is 2. The largest absolute Gasteiger partial charge is 0.481 e. The first-order valence-corrected chi connectivity index (χ1v) is 6.08. The lowest BCUT2D eigenvalue weighted by molar-refractivity contribution is -0.141.